The first-order valence-electron chi connectivity index (χ1n) is 11.6. The molecule has 3 aliphatic rings. The molecule has 3 saturated heterocycles. The number of imide groups is 1. The number of nitrogens with one attached hydrogen (secondary N) is 1. The largest absolute Gasteiger partial charge is 0.342 e. The number of rotatable bonds is 5. The topological polar surface area (TPSA) is 76.2 Å². The second-order valence-electron chi connectivity index (χ2n) is 9.25. The molecular weight excluding hydrogens is 432 g/mol. The van der Waals surface area contributed by atoms with Gasteiger partial charge in [-0.05, 0) is 37.5 Å². The van der Waals surface area contributed by atoms with Gasteiger partial charge in [0.15, 0.2) is 11.6 Å². The van der Waals surface area contributed by atoms with Crippen molar-refractivity contribution in [2.45, 2.75) is 38.1 Å². The quantitative estimate of drug-likeness (QED) is 0.673. The molecule has 0 radical (unpaired) electrons. The van der Waals surface area contributed by atoms with Crippen molar-refractivity contribution in [2.24, 2.45) is 0 Å². The highest BCUT2D eigenvalue weighted by Gasteiger charge is 2.49. The Morgan fingerprint density at radius 1 is 0.939 bits per heavy atom. The predicted molar refractivity (Wildman–Crippen MR) is 117 cm³/mol. The Morgan fingerprint density at radius 3 is 2.21 bits per heavy atom. The lowest BCUT2D eigenvalue weighted by Crippen LogP contribution is -2.53. The van der Waals surface area contributed by atoms with Crippen molar-refractivity contribution in [3.05, 3.63) is 35.4 Å². The third kappa shape index (κ3) is 5.01. The van der Waals surface area contributed by atoms with E-state index in [1.54, 1.807) is 0 Å². The molecule has 0 aliphatic carbocycles. The number of nitrogens with zero attached hydrogens (tertiary/aromatic N) is 4. The third-order valence-corrected chi connectivity index (χ3v) is 6.90. The average molecular weight is 464 g/mol. The second kappa shape index (κ2) is 9.72. The van der Waals surface area contributed by atoms with Gasteiger partial charge in [-0.25, -0.2) is 18.5 Å². The van der Waals surface area contributed by atoms with E-state index in [4.69, 9.17) is 0 Å². The minimum Gasteiger partial charge on any atom is -0.342 e. The molecule has 0 saturated carbocycles. The molecule has 0 spiro atoms. The van der Waals surface area contributed by atoms with Crippen LogP contribution in [-0.2, 0) is 15.1 Å². The van der Waals surface area contributed by atoms with Crippen LogP contribution in [0.2, 0.25) is 0 Å². The molecule has 0 bridgehead atoms. The molecule has 10 heteroatoms. The monoisotopic (exact) mass is 463 g/mol. The molecule has 0 aromatic heterocycles. The second-order valence-corrected chi connectivity index (χ2v) is 9.25. The number of amides is 4. The molecule has 1 atom stereocenters. The fraction of sp³-hybridized carbons (Fsp3) is 0.609. The van der Waals surface area contributed by atoms with Crippen LogP contribution in [0.1, 0.15) is 38.2 Å². The van der Waals surface area contributed by atoms with E-state index in [0.29, 0.717) is 32.7 Å². The first kappa shape index (κ1) is 23.6. The number of halogens is 2. The Labute approximate surface area is 192 Å². The minimum absolute atomic E-state index is 0.109. The lowest BCUT2D eigenvalue weighted by atomic mass is 9.92. The lowest BCUT2D eigenvalue weighted by Gasteiger charge is -2.36. The molecule has 1 N–H and O–H groups in total. The zero-order valence-corrected chi connectivity index (χ0v) is 19.0. The van der Waals surface area contributed by atoms with Gasteiger partial charge in [0.1, 0.15) is 5.54 Å². The highest BCUT2D eigenvalue weighted by atomic mass is 19.2. The zero-order chi connectivity index (χ0) is 23.6. The third-order valence-electron chi connectivity index (χ3n) is 6.90. The summed E-state index contributed by atoms with van der Waals surface area (Å²) < 4.78 is 27.0. The summed E-state index contributed by atoms with van der Waals surface area (Å²) in [5.41, 5.74) is -1.26. The average Bonchev–Trinajstić information content (AvgIpc) is 2.99. The molecule has 180 valence electrons. The predicted octanol–water partition coefficient (Wildman–Crippen LogP) is 1.71. The van der Waals surface area contributed by atoms with Crippen LogP contribution >= 0.6 is 0 Å². The van der Waals surface area contributed by atoms with Gasteiger partial charge in [0, 0.05) is 39.3 Å². The van der Waals surface area contributed by atoms with Crippen molar-refractivity contribution in [3.8, 4) is 0 Å². The minimum atomic E-state index is -1.45. The van der Waals surface area contributed by atoms with Gasteiger partial charge in [-0.15, -0.1) is 0 Å². The first-order valence-corrected chi connectivity index (χ1v) is 11.6. The van der Waals surface area contributed by atoms with Crippen LogP contribution in [0.25, 0.3) is 0 Å². The summed E-state index contributed by atoms with van der Waals surface area (Å²) in [6.07, 6.45) is 4.49. The lowest BCUT2D eigenvalue weighted by molar-refractivity contribution is -0.133. The fourth-order valence-electron chi connectivity index (χ4n) is 4.73. The highest BCUT2D eigenvalue weighted by molar-refractivity contribution is 6.07. The molecule has 0 unspecified atom stereocenters. The van der Waals surface area contributed by atoms with Gasteiger partial charge in [-0.2, -0.15) is 0 Å². The van der Waals surface area contributed by atoms with Crippen LogP contribution < -0.4 is 5.32 Å². The van der Waals surface area contributed by atoms with Crippen LogP contribution in [0.4, 0.5) is 13.6 Å². The summed E-state index contributed by atoms with van der Waals surface area (Å²) in [4.78, 5) is 45.4. The Hall–Kier alpha value is -2.59. The Kier molecular flexibility index (Phi) is 6.94. The molecule has 33 heavy (non-hydrogen) atoms. The van der Waals surface area contributed by atoms with Crippen LogP contribution in [0.15, 0.2) is 18.2 Å². The number of piperazine rings is 1. The molecule has 1 aromatic rings. The van der Waals surface area contributed by atoms with Crippen LogP contribution in [0.5, 0.6) is 0 Å². The number of benzene rings is 1. The molecule has 4 amide bonds. The molecule has 3 fully saturated rings. The van der Waals surface area contributed by atoms with Gasteiger partial charge in [0.05, 0.1) is 13.2 Å². The number of hydrogen-bond acceptors (Lipinski definition) is 5. The smallest absolute Gasteiger partial charge is 0.326 e. The van der Waals surface area contributed by atoms with Gasteiger partial charge in [0.25, 0.3) is 5.91 Å². The fourth-order valence-corrected chi connectivity index (χ4v) is 4.73. The van der Waals surface area contributed by atoms with E-state index in [2.05, 4.69) is 10.2 Å². The maximum Gasteiger partial charge on any atom is 0.326 e. The number of carbonyl (C=O) groups excluding carboxylic acids is 3. The van der Waals surface area contributed by atoms with Crippen molar-refractivity contribution < 1.29 is 23.2 Å². The van der Waals surface area contributed by atoms with Crippen LogP contribution in [0.3, 0.4) is 0 Å². The molecule has 3 aliphatic heterocycles. The molecule has 8 nitrogen and oxygen atoms in total. The number of carbonyl (C=O) groups is 3. The van der Waals surface area contributed by atoms with E-state index >= 15 is 0 Å². The molecular formula is C23H31F2N5O3. The van der Waals surface area contributed by atoms with Gasteiger partial charge < -0.3 is 10.2 Å². The number of likely N-dealkylation sites (tertiary alicyclic amines) is 1. The summed E-state index contributed by atoms with van der Waals surface area (Å²) in [6.45, 7) is 6.24. The summed E-state index contributed by atoms with van der Waals surface area (Å²) in [6, 6.07) is 2.63. The Balaban J connectivity index is 1.31. The first-order chi connectivity index (χ1) is 15.8. The normalized spacial score (nSPS) is 25.3. The summed E-state index contributed by atoms with van der Waals surface area (Å²) >= 11 is 0. The van der Waals surface area contributed by atoms with E-state index in [1.165, 1.54) is 25.8 Å². The summed E-state index contributed by atoms with van der Waals surface area (Å²) in [5, 5.41) is 2.62. The van der Waals surface area contributed by atoms with E-state index in [0.717, 1.165) is 43.0 Å². The van der Waals surface area contributed by atoms with E-state index in [9.17, 15) is 23.2 Å². The van der Waals surface area contributed by atoms with Gasteiger partial charge in [-0.3, -0.25) is 19.4 Å². The maximum absolute atomic E-state index is 13.7. The zero-order valence-electron chi connectivity index (χ0n) is 19.0. The number of hydrogen-bond donors (Lipinski definition) is 1. The molecule has 1 aromatic carbocycles. The van der Waals surface area contributed by atoms with Crippen molar-refractivity contribution in [1.82, 2.24) is 24.9 Å². The van der Waals surface area contributed by atoms with Crippen LogP contribution in [0, 0.1) is 11.6 Å². The maximum atomic E-state index is 13.7. The van der Waals surface area contributed by atoms with Crippen molar-refractivity contribution in [2.75, 3.05) is 52.5 Å². The van der Waals surface area contributed by atoms with Crippen molar-refractivity contribution >= 4 is 17.8 Å². The number of urea groups is 1. The van der Waals surface area contributed by atoms with Crippen LogP contribution in [-0.4, -0.2) is 89.9 Å². The van der Waals surface area contributed by atoms with E-state index in [1.807, 2.05) is 9.80 Å². The summed E-state index contributed by atoms with van der Waals surface area (Å²) in [5.74, 6) is -2.41. The van der Waals surface area contributed by atoms with Gasteiger partial charge >= 0.3 is 6.03 Å². The SMILES string of the molecule is C[C@]1(c2ccc(F)c(F)c2)NC(=O)N(CN2CCN(CC(=O)N3CCCCCC3)CC2)C1=O. The Morgan fingerprint density at radius 2 is 1.58 bits per heavy atom. The van der Waals surface area contributed by atoms with Gasteiger partial charge in [-0.1, -0.05) is 18.9 Å². The standard InChI is InChI=1S/C23H31F2N5O3/c1-23(17-6-7-18(24)19(25)14-17)21(32)30(22(33)26-23)16-28-12-10-27(11-13-28)15-20(31)29-8-4-2-3-5-9-29/h6-7,14H,2-5,8-13,15-16H2,1H3,(H,26,33)/t23-/m1/s1. The van der Waals surface area contributed by atoms with E-state index in [-0.39, 0.29) is 18.1 Å². The van der Waals surface area contributed by atoms with Gasteiger partial charge in [0.2, 0.25) is 5.91 Å². The van der Waals surface area contributed by atoms with Crippen molar-refractivity contribution in [1.29, 1.82) is 0 Å². The van der Waals surface area contributed by atoms with E-state index < -0.39 is 29.1 Å². The molecule has 3 heterocycles. The Bertz CT molecular complexity index is 913. The summed E-state index contributed by atoms with van der Waals surface area (Å²) in [7, 11) is 0. The molecule has 4 rings (SSSR count). The van der Waals surface area contributed by atoms with Crippen molar-refractivity contribution in [3.63, 3.8) is 0 Å². The highest BCUT2D eigenvalue weighted by Crippen LogP contribution is 2.30.